The summed E-state index contributed by atoms with van der Waals surface area (Å²) in [5.41, 5.74) is 2.37. The van der Waals surface area contributed by atoms with Crippen molar-refractivity contribution in [2.24, 2.45) is 0 Å². The van der Waals surface area contributed by atoms with Gasteiger partial charge in [0.15, 0.2) is 5.69 Å². The molecule has 0 radical (unpaired) electrons. The van der Waals surface area contributed by atoms with Crippen LogP contribution in [-0.4, -0.2) is 66.7 Å². The molecule has 0 unspecified atom stereocenters. The van der Waals surface area contributed by atoms with Gasteiger partial charge in [0.1, 0.15) is 11.8 Å². The smallest absolute Gasteiger partial charge is 0.435 e. The van der Waals surface area contributed by atoms with Crippen LogP contribution in [0.25, 0.3) is 11.1 Å². The van der Waals surface area contributed by atoms with Crippen molar-refractivity contribution in [1.82, 2.24) is 15.2 Å². The molecule has 0 bridgehead atoms. The summed E-state index contributed by atoms with van der Waals surface area (Å²) in [5.74, 6) is -0.169. The van der Waals surface area contributed by atoms with Crippen molar-refractivity contribution in [3.05, 3.63) is 59.5 Å². The highest BCUT2D eigenvalue weighted by molar-refractivity contribution is 6.04. The van der Waals surface area contributed by atoms with Crippen LogP contribution in [-0.2, 0) is 15.7 Å². The van der Waals surface area contributed by atoms with Crippen molar-refractivity contribution in [1.29, 1.82) is 0 Å². The molecule has 0 atom stereocenters. The summed E-state index contributed by atoms with van der Waals surface area (Å²) >= 11 is 0. The quantitative estimate of drug-likeness (QED) is 0.485. The molecular weight excluding hydrogens is 515 g/mol. The van der Waals surface area contributed by atoms with Gasteiger partial charge in [-0.05, 0) is 42.3 Å². The Balaban J connectivity index is 1.42. The van der Waals surface area contributed by atoms with E-state index in [4.69, 9.17) is 14.2 Å². The van der Waals surface area contributed by atoms with E-state index in [1.807, 2.05) is 19.1 Å². The summed E-state index contributed by atoms with van der Waals surface area (Å²) < 4.78 is 56.3. The summed E-state index contributed by atoms with van der Waals surface area (Å²) in [6.07, 6.45) is -0.358. The first-order chi connectivity index (χ1) is 18.8. The van der Waals surface area contributed by atoms with E-state index in [1.54, 1.807) is 18.3 Å². The normalized spacial score (nSPS) is 16.7. The molecule has 2 fully saturated rings. The third-order valence-corrected chi connectivity index (χ3v) is 6.64. The molecule has 5 rings (SSSR count). The lowest BCUT2D eigenvalue weighted by Crippen LogP contribution is -2.37. The van der Waals surface area contributed by atoms with Gasteiger partial charge in [-0.2, -0.15) is 18.3 Å². The van der Waals surface area contributed by atoms with Crippen LogP contribution in [0.2, 0.25) is 0 Å². The van der Waals surface area contributed by atoms with E-state index in [9.17, 15) is 18.0 Å². The maximum absolute atomic E-state index is 13.0. The lowest BCUT2D eigenvalue weighted by molar-refractivity contribution is -0.141. The molecule has 1 N–H and O–H groups in total. The Morgan fingerprint density at radius 3 is 2.54 bits per heavy atom. The summed E-state index contributed by atoms with van der Waals surface area (Å²) in [4.78, 5) is 19.6. The molecular formula is C27H28F3N5O4. The first-order valence-corrected chi connectivity index (χ1v) is 12.7. The Kier molecular flexibility index (Phi) is 7.94. The number of hydrogen-bond donors (Lipinski definition) is 1. The number of hydrogen-bond acceptors (Lipinski definition) is 8. The molecule has 206 valence electrons. The number of nitrogens with one attached hydrogen (secondary N) is 1. The van der Waals surface area contributed by atoms with E-state index in [0.717, 1.165) is 41.4 Å². The average Bonchev–Trinajstić information content (AvgIpc) is 2.95. The Morgan fingerprint density at radius 1 is 1.05 bits per heavy atom. The van der Waals surface area contributed by atoms with Crippen molar-refractivity contribution < 1.29 is 32.2 Å². The first kappa shape index (κ1) is 26.8. The molecule has 0 saturated carbocycles. The van der Waals surface area contributed by atoms with Gasteiger partial charge in [0.25, 0.3) is 5.91 Å². The molecule has 2 saturated heterocycles. The maximum Gasteiger partial charge on any atom is 0.435 e. The van der Waals surface area contributed by atoms with Crippen molar-refractivity contribution in [3.8, 4) is 17.0 Å². The number of alkyl halides is 3. The molecule has 2 aromatic heterocycles. The number of benzene rings is 1. The summed E-state index contributed by atoms with van der Waals surface area (Å²) in [6, 6.07) is 7.98. The van der Waals surface area contributed by atoms with E-state index >= 15 is 0 Å². The van der Waals surface area contributed by atoms with Crippen molar-refractivity contribution in [2.75, 3.05) is 49.7 Å². The number of aromatic nitrogens is 3. The van der Waals surface area contributed by atoms with Crippen LogP contribution < -0.4 is 15.0 Å². The van der Waals surface area contributed by atoms with Crippen LogP contribution in [0.3, 0.4) is 0 Å². The summed E-state index contributed by atoms with van der Waals surface area (Å²) in [6.45, 7) is 5.84. The van der Waals surface area contributed by atoms with Gasteiger partial charge < -0.3 is 24.4 Å². The second kappa shape index (κ2) is 11.5. The van der Waals surface area contributed by atoms with E-state index in [-0.39, 0.29) is 11.7 Å². The van der Waals surface area contributed by atoms with Crippen LogP contribution in [0.15, 0.2) is 42.7 Å². The van der Waals surface area contributed by atoms with Gasteiger partial charge in [-0.15, -0.1) is 5.10 Å². The number of nitrogens with zero attached hydrogens (tertiary/aromatic N) is 4. The van der Waals surface area contributed by atoms with Crippen LogP contribution in [0.1, 0.15) is 34.5 Å². The van der Waals surface area contributed by atoms with Gasteiger partial charge in [0, 0.05) is 43.4 Å². The zero-order valence-electron chi connectivity index (χ0n) is 21.3. The van der Waals surface area contributed by atoms with E-state index < -0.39 is 17.8 Å². The van der Waals surface area contributed by atoms with Crippen molar-refractivity contribution in [2.45, 2.75) is 32.0 Å². The predicted molar refractivity (Wildman–Crippen MR) is 137 cm³/mol. The number of carbonyl (C=O) groups excluding carboxylic acids is 1. The highest BCUT2D eigenvalue weighted by Crippen LogP contribution is 2.35. The van der Waals surface area contributed by atoms with Crippen molar-refractivity contribution in [3.63, 3.8) is 0 Å². The highest BCUT2D eigenvalue weighted by Gasteiger charge is 2.34. The fraction of sp³-hybridized carbons (Fsp3) is 0.407. The molecule has 1 aromatic carbocycles. The number of pyridine rings is 1. The lowest BCUT2D eigenvalue weighted by atomic mass is 10.0. The standard InChI is InChI=1S/C27H28F3N5O4/c1-17-2-3-20(33-25(36)19-13-24(27(28,29)30)34-32-16-19)14-22(17)18-12-23(35-6-10-38-11-7-35)26(31-15-18)39-21-4-8-37-9-5-21/h2-3,12-16,21H,4-11H2,1H3,(H,33,36). The average molecular weight is 544 g/mol. The number of morpholine rings is 1. The molecule has 12 heteroatoms. The van der Waals surface area contributed by atoms with Gasteiger partial charge in [0.2, 0.25) is 5.88 Å². The van der Waals surface area contributed by atoms with Gasteiger partial charge in [-0.3, -0.25) is 4.79 Å². The van der Waals surface area contributed by atoms with Crippen molar-refractivity contribution >= 4 is 17.3 Å². The highest BCUT2D eigenvalue weighted by atomic mass is 19.4. The monoisotopic (exact) mass is 543 g/mol. The summed E-state index contributed by atoms with van der Waals surface area (Å²) in [7, 11) is 0. The predicted octanol–water partition coefficient (Wildman–Crippen LogP) is 4.51. The molecule has 9 nitrogen and oxygen atoms in total. The zero-order valence-corrected chi connectivity index (χ0v) is 21.3. The molecule has 4 heterocycles. The Bertz CT molecular complexity index is 1330. The van der Waals surface area contributed by atoms with E-state index in [1.165, 1.54) is 0 Å². The minimum atomic E-state index is -4.70. The minimum Gasteiger partial charge on any atom is -0.473 e. The maximum atomic E-state index is 13.0. The van der Waals surface area contributed by atoms with Crippen LogP contribution in [0.4, 0.5) is 24.5 Å². The first-order valence-electron chi connectivity index (χ1n) is 12.7. The van der Waals surface area contributed by atoms with Gasteiger partial charge in [-0.25, -0.2) is 4.98 Å². The Hall–Kier alpha value is -3.77. The molecule has 0 aliphatic carbocycles. The number of halogens is 3. The van der Waals surface area contributed by atoms with Gasteiger partial charge >= 0.3 is 6.18 Å². The number of rotatable bonds is 6. The fourth-order valence-electron chi connectivity index (χ4n) is 4.50. The van der Waals surface area contributed by atoms with Crippen LogP contribution in [0.5, 0.6) is 5.88 Å². The number of aryl methyl sites for hydroxylation is 1. The van der Waals surface area contributed by atoms with E-state index in [0.29, 0.717) is 57.2 Å². The van der Waals surface area contributed by atoms with E-state index in [2.05, 4.69) is 25.4 Å². The number of ether oxygens (including phenoxy) is 3. The Morgan fingerprint density at radius 2 is 1.79 bits per heavy atom. The second-order valence-corrected chi connectivity index (χ2v) is 9.39. The summed E-state index contributed by atoms with van der Waals surface area (Å²) in [5, 5.41) is 9.05. The number of anilines is 2. The number of amides is 1. The fourth-order valence-corrected chi connectivity index (χ4v) is 4.50. The molecule has 3 aromatic rings. The molecule has 2 aliphatic rings. The largest absolute Gasteiger partial charge is 0.473 e. The zero-order chi connectivity index (χ0) is 27.4. The SMILES string of the molecule is Cc1ccc(NC(=O)c2cnnc(C(F)(F)F)c2)cc1-c1cnc(OC2CCOCC2)c(N2CCOCC2)c1. The van der Waals surface area contributed by atoms with Crippen LogP contribution in [0, 0.1) is 6.92 Å². The third-order valence-electron chi connectivity index (χ3n) is 6.64. The number of carbonyl (C=O) groups is 1. The molecule has 0 spiro atoms. The minimum absolute atomic E-state index is 0.0257. The topological polar surface area (TPSA) is 98.7 Å². The van der Waals surface area contributed by atoms with Gasteiger partial charge in [-0.1, -0.05) is 6.07 Å². The van der Waals surface area contributed by atoms with Crippen LogP contribution >= 0.6 is 0 Å². The van der Waals surface area contributed by atoms with Gasteiger partial charge in [0.05, 0.1) is 38.2 Å². The molecule has 2 aliphatic heterocycles. The lowest BCUT2D eigenvalue weighted by Gasteiger charge is -2.31. The molecule has 39 heavy (non-hydrogen) atoms. The second-order valence-electron chi connectivity index (χ2n) is 9.39. The third kappa shape index (κ3) is 6.45. The molecule has 1 amide bonds. The Labute approximate surface area is 223 Å².